The van der Waals surface area contributed by atoms with Gasteiger partial charge in [0.25, 0.3) is 0 Å². The fourth-order valence-corrected chi connectivity index (χ4v) is 3.49. The summed E-state index contributed by atoms with van der Waals surface area (Å²) in [5.41, 5.74) is 1.07. The Labute approximate surface area is 127 Å². The summed E-state index contributed by atoms with van der Waals surface area (Å²) in [5.74, 6) is -0.317. The zero-order valence-corrected chi connectivity index (χ0v) is 13.8. The predicted octanol–water partition coefficient (Wildman–Crippen LogP) is 4.07. The molecule has 0 radical (unpaired) electrons. The molecule has 1 atom stereocenters. The molecule has 1 N–H and O–H groups in total. The minimum absolute atomic E-state index is 0.178. The first-order valence-corrected chi connectivity index (χ1v) is 7.59. The van der Waals surface area contributed by atoms with Crippen molar-refractivity contribution in [3.8, 4) is 0 Å². The van der Waals surface area contributed by atoms with Gasteiger partial charge in [0.1, 0.15) is 5.82 Å². The first-order valence-electron chi connectivity index (χ1n) is 6.42. The van der Waals surface area contributed by atoms with Crippen LogP contribution in [-0.4, -0.2) is 25.7 Å². The third-order valence-corrected chi connectivity index (χ3v) is 4.41. The number of nitrogens with zero attached hydrogens (tertiary/aromatic N) is 1. The van der Waals surface area contributed by atoms with Crippen molar-refractivity contribution >= 4 is 33.2 Å². The van der Waals surface area contributed by atoms with Crippen molar-refractivity contribution in [1.29, 1.82) is 0 Å². The molecule has 5 heteroatoms. The lowest BCUT2D eigenvalue weighted by atomic mass is 9.85. The number of hydrogen-bond acceptors (Lipinski definition) is 2. The molecule has 1 fully saturated rings. The van der Waals surface area contributed by atoms with Crippen LogP contribution in [0.15, 0.2) is 16.6 Å². The summed E-state index contributed by atoms with van der Waals surface area (Å²) in [6.07, 6.45) is 0. The van der Waals surface area contributed by atoms with Crippen molar-refractivity contribution in [3.05, 3.63) is 27.4 Å². The minimum atomic E-state index is -0.317. The van der Waals surface area contributed by atoms with Crippen molar-refractivity contribution in [2.75, 3.05) is 24.5 Å². The Bertz CT molecular complexity index is 450. The normalized spacial score (nSPS) is 20.7. The van der Waals surface area contributed by atoms with Gasteiger partial charge in [-0.05, 0) is 33.5 Å². The maximum Gasteiger partial charge on any atom is 0.125 e. The number of nitrogens with one attached hydrogen (secondary N) is 1. The van der Waals surface area contributed by atoms with Crippen LogP contribution in [0.3, 0.4) is 0 Å². The highest BCUT2D eigenvalue weighted by Crippen LogP contribution is 2.36. The summed E-state index contributed by atoms with van der Waals surface area (Å²) in [4.78, 5) is 2.22. The SMILES string of the molecule is CC(C)(C)C1CN(c2c(Cl)cc(F)cc2Br)CCN1. The first kappa shape index (κ1) is 15.1. The van der Waals surface area contributed by atoms with Gasteiger partial charge in [0.05, 0.1) is 10.7 Å². The molecular formula is C14H19BrClFN2. The van der Waals surface area contributed by atoms with Crippen molar-refractivity contribution in [2.24, 2.45) is 5.41 Å². The number of piperazine rings is 1. The van der Waals surface area contributed by atoms with E-state index < -0.39 is 0 Å². The van der Waals surface area contributed by atoms with Crippen molar-refractivity contribution in [3.63, 3.8) is 0 Å². The van der Waals surface area contributed by atoms with Crippen molar-refractivity contribution in [1.82, 2.24) is 5.32 Å². The molecule has 0 bridgehead atoms. The van der Waals surface area contributed by atoms with Crippen LogP contribution in [0, 0.1) is 11.2 Å². The smallest absolute Gasteiger partial charge is 0.125 e. The zero-order chi connectivity index (χ0) is 14.2. The molecule has 106 valence electrons. The Balaban J connectivity index is 2.27. The summed E-state index contributed by atoms with van der Waals surface area (Å²) < 4.78 is 14.0. The third-order valence-electron chi connectivity index (χ3n) is 3.52. The van der Waals surface area contributed by atoms with Crippen LogP contribution in [0.4, 0.5) is 10.1 Å². The van der Waals surface area contributed by atoms with Gasteiger partial charge >= 0.3 is 0 Å². The third kappa shape index (κ3) is 3.41. The van der Waals surface area contributed by atoms with Gasteiger partial charge in [-0.2, -0.15) is 0 Å². The van der Waals surface area contributed by atoms with Crippen molar-refractivity contribution < 1.29 is 4.39 Å². The first-order chi connectivity index (χ1) is 8.79. The van der Waals surface area contributed by atoms with E-state index in [1.54, 1.807) is 0 Å². The van der Waals surface area contributed by atoms with Gasteiger partial charge in [-0.15, -0.1) is 0 Å². The van der Waals surface area contributed by atoms with Crippen LogP contribution in [-0.2, 0) is 0 Å². The molecule has 1 aliphatic heterocycles. The lowest BCUT2D eigenvalue weighted by molar-refractivity contribution is 0.254. The van der Waals surface area contributed by atoms with Crippen LogP contribution in [0.2, 0.25) is 5.02 Å². The summed E-state index contributed by atoms with van der Waals surface area (Å²) in [5, 5.41) is 3.99. The van der Waals surface area contributed by atoms with Gasteiger partial charge < -0.3 is 10.2 Å². The van der Waals surface area contributed by atoms with Gasteiger partial charge in [-0.1, -0.05) is 32.4 Å². The standard InChI is InChI=1S/C14H19BrClFN2/c1-14(2,3)12-8-19(5-4-18-12)13-10(15)6-9(17)7-11(13)16/h6-7,12,18H,4-5,8H2,1-3H3. The Morgan fingerprint density at radius 2 is 2.11 bits per heavy atom. The van der Waals surface area contributed by atoms with Crippen molar-refractivity contribution in [2.45, 2.75) is 26.8 Å². The van der Waals surface area contributed by atoms with E-state index in [0.717, 1.165) is 25.3 Å². The van der Waals surface area contributed by atoms with Crippen LogP contribution in [0.25, 0.3) is 0 Å². The van der Waals surface area contributed by atoms with Gasteiger partial charge in [-0.3, -0.25) is 0 Å². The number of halogens is 3. The molecule has 2 nitrogen and oxygen atoms in total. The van der Waals surface area contributed by atoms with E-state index in [1.807, 2.05) is 0 Å². The van der Waals surface area contributed by atoms with Gasteiger partial charge in [-0.25, -0.2) is 4.39 Å². The number of hydrogen-bond donors (Lipinski definition) is 1. The molecule has 0 saturated carbocycles. The van der Waals surface area contributed by atoms with E-state index in [9.17, 15) is 4.39 Å². The summed E-state index contributed by atoms with van der Waals surface area (Å²) in [6, 6.07) is 3.22. The van der Waals surface area contributed by atoms with E-state index >= 15 is 0 Å². The lowest BCUT2D eigenvalue weighted by Crippen LogP contribution is -2.56. The largest absolute Gasteiger partial charge is 0.367 e. The second kappa shape index (κ2) is 5.58. The highest BCUT2D eigenvalue weighted by atomic mass is 79.9. The molecule has 1 unspecified atom stereocenters. The molecule has 1 saturated heterocycles. The Kier molecular flexibility index (Phi) is 4.43. The molecule has 1 heterocycles. The average Bonchev–Trinajstić information content (AvgIpc) is 2.26. The summed E-state index contributed by atoms with van der Waals surface area (Å²) >= 11 is 9.62. The number of anilines is 1. The van der Waals surface area contributed by atoms with E-state index in [1.165, 1.54) is 12.1 Å². The molecule has 1 aliphatic rings. The molecule has 0 spiro atoms. The second-order valence-electron chi connectivity index (χ2n) is 6.04. The quantitative estimate of drug-likeness (QED) is 0.822. The maximum atomic E-state index is 13.3. The zero-order valence-electron chi connectivity index (χ0n) is 11.4. The number of benzene rings is 1. The molecule has 0 aliphatic carbocycles. The average molecular weight is 350 g/mol. The minimum Gasteiger partial charge on any atom is -0.367 e. The lowest BCUT2D eigenvalue weighted by Gasteiger charge is -2.42. The second-order valence-corrected chi connectivity index (χ2v) is 7.30. The summed E-state index contributed by atoms with van der Waals surface area (Å²) in [7, 11) is 0. The summed E-state index contributed by atoms with van der Waals surface area (Å²) in [6.45, 7) is 9.30. The van der Waals surface area contributed by atoms with Gasteiger partial charge in [0.2, 0.25) is 0 Å². The van der Waals surface area contributed by atoms with Gasteiger partial charge in [0.15, 0.2) is 0 Å². The topological polar surface area (TPSA) is 15.3 Å². The van der Waals surface area contributed by atoms with E-state index in [4.69, 9.17) is 11.6 Å². The molecule has 1 aromatic rings. The van der Waals surface area contributed by atoms with E-state index in [2.05, 4.69) is 46.9 Å². The Hall–Kier alpha value is -0.320. The fourth-order valence-electron chi connectivity index (χ4n) is 2.37. The van der Waals surface area contributed by atoms with E-state index in [-0.39, 0.29) is 11.2 Å². The fraction of sp³-hybridized carbons (Fsp3) is 0.571. The molecule has 19 heavy (non-hydrogen) atoms. The number of rotatable bonds is 1. The molecule has 2 rings (SSSR count). The molecule has 1 aromatic carbocycles. The van der Waals surface area contributed by atoms with E-state index in [0.29, 0.717) is 15.5 Å². The highest BCUT2D eigenvalue weighted by Gasteiger charge is 2.30. The Morgan fingerprint density at radius 1 is 1.42 bits per heavy atom. The predicted molar refractivity (Wildman–Crippen MR) is 82.6 cm³/mol. The van der Waals surface area contributed by atoms with Crippen LogP contribution < -0.4 is 10.2 Å². The molecule has 0 aromatic heterocycles. The van der Waals surface area contributed by atoms with Crippen LogP contribution in [0.1, 0.15) is 20.8 Å². The highest BCUT2D eigenvalue weighted by molar-refractivity contribution is 9.10. The Morgan fingerprint density at radius 3 is 2.68 bits per heavy atom. The molecule has 0 amide bonds. The monoisotopic (exact) mass is 348 g/mol. The van der Waals surface area contributed by atoms with Crippen LogP contribution >= 0.6 is 27.5 Å². The molecular weight excluding hydrogens is 331 g/mol. The van der Waals surface area contributed by atoms with Crippen LogP contribution in [0.5, 0.6) is 0 Å². The van der Waals surface area contributed by atoms with Gasteiger partial charge in [0, 0.05) is 30.1 Å². The maximum absolute atomic E-state index is 13.3.